The van der Waals surface area contributed by atoms with Crippen molar-refractivity contribution in [2.75, 3.05) is 0 Å². The highest BCUT2D eigenvalue weighted by atomic mass is 14.8. The lowest BCUT2D eigenvalue weighted by Crippen LogP contribution is -2.36. The minimum absolute atomic E-state index is 0.0616. The van der Waals surface area contributed by atoms with Crippen molar-refractivity contribution in [2.45, 2.75) is 25.4 Å². The molecule has 2 nitrogen and oxygen atoms in total. The quantitative estimate of drug-likeness (QED) is 0.863. The molecule has 18 heavy (non-hydrogen) atoms. The minimum Gasteiger partial charge on any atom is -0.326 e. The van der Waals surface area contributed by atoms with E-state index in [0.717, 1.165) is 12.0 Å². The van der Waals surface area contributed by atoms with Crippen LogP contribution in [0.2, 0.25) is 0 Å². The Morgan fingerprint density at radius 3 is 2.17 bits per heavy atom. The lowest BCUT2D eigenvalue weighted by Gasteiger charge is -2.22. The van der Waals surface area contributed by atoms with E-state index in [0.29, 0.717) is 0 Å². The summed E-state index contributed by atoms with van der Waals surface area (Å²) in [5, 5.41) is 0. The van der Waals surface area contributed by atoms with Gasteiger partial charge in [-0.25, -0.2) is 0 Å². The molecule has 0 saturated heterocycles. The topological polar surface area (TPSA) is 52.0 Å². The van der Waals surface area contributed by atoms with Gasteiger partial charge in [0, 0.05) is 12.1 Å². The zero-order valence-electron chi connectivity index (χ0n) is 10.7. The van der Waals surface area contributed by atoms with Crippen molar-refractivity contribution < 1.29 is 0 Å². The third kappa shape index (κ3) is 2.97. The molecular formula is C16H20N2. The predicted octanol–water partition coefficient (Wildman–Crippen LogP) is 2.56. The first-order valence-corrected chi connectivity index (χ1v) is 6.29. The highest BCUT2D eigenvalue weighted by Crippen LogP contribution is 2.19. The Labute approximate surface area is 109 Å². The molecule has 0 aromatic heterocycles. The highest BCUT2D eigenvalue weighted by molar-refractivity contribution is 5.30. The molecule has 2 rings (SSSR count). The Bertz CT molecular complexity index is 493. The second-order valence-electron chi connectivity index (χ2n) is 4.74. The molecule has 0 aliphatic heterocycles. The summed E-state index contributed by atoms with van der Waals surface area (Å²) >= 11 is 0. The smallest absolute Gasteiger partial charge is 0.0454 e. The molecule has 0 saturated carbocycles. The van der Waals surface area contributed by atoms with Gasteiger partial charge in [-0.3, -0.25) is 0 Å². The van der Waals surface area contributed by atoms with E-state index in [1.54, 1.807) is 0 Å². The number of hydrogen-bond acceptors (Lipinski definition) is 2. The number of hydrogen-bond donors (Lipinski definition) is 2. The van der Waals surface area contributed by atoms with Crippen molar-refractivity contribution in [3.63, 3.8) is 0 Å². The van der Waals surface area contributed by atoms with Crippen molar-refractivity contribution in [1.29, 1.82) is 0 Å². The molecule has 94 valence electrons. The first-order valence-electron chi connectivity index (χ1n) is 6.29. The molecule has 0 bridgehead atoms. The Hall–Kier alpha value is -1.64. The summed E-state index contributed by atoms with van der Waals surface area (Å²) in [5.41, 5.74) is 16.1. The van der Waals surface area contributed by atoms with E-state index < -0.39 is 0 Å². The summed E-state index contributed by atoms with van der Waals surface area (Å²) in [6.07, 6.45) is 0.802. The van der Waals surface area contributed by atoms with Gasteiger partial charge in [-0.05, 0) is 30.0 Å². The van der Waals surface area contributed by atoms with E-state index in [-0.39, 0.29) is 12.1 Å². The molecular weight excluding hydrogens is 220 g/mol. The van der Waals surface area contributed by atoms with E-state index in [2.05, 4.69) is 31.2 Å². The van der Waals surface area contributed by atoms with Crippen LogP contribution in [0.3, 0.4) is 0 Å². The van der Waals surface area contributed by atoms with Gasteiger partial charge in [0.1, 0.15) is 0 Å². The van der Waals surface area contributed by atoms with Crippen LogP contribution in [0.4, 0.5) is 0 Å². The van der Waals surface area contributed by atoms with Crippen LogP contribution >= 0.6 is 0 Å². The van der Waals surface area contributed by atoms with Crippen LogP contribution in [0.25, 0.3) is 0 Å². The molecule has 0 fully saturated rings. The highest BCUT2D eigenvalue weighted by Gasteiger charge is 2.17. The van der Waals surface area contributed by atoms with Crippen molar-refractivity contribution >= 4 is 0 Å². The van der Waals surface area contributed by atoms with E-state index in [1.165, 1.54) is 11.1 Å². The summed E-state index contributed by atoms with van der Waals surface area (Å²) in [7, 11) is 0. The maximum absolute atomic E-state index is 6.26. The fraction of sp³-hybridized carbons (Fsp3) is 0.250. The Kier molecular flexibility index (Phi) is 4.13. The van der Waals surface area contributed by atoms with Gasteiger partial charge < -0.3 is 11.5 Å². The van der Waals surface area contributed by atoms with Gasteiger partial charge in [0.15, 0.2) is 0 Å². The maximum atomic E-state index is 6.26. The molecule has 0 spiro atoms. The molecule has 0 heterocycles. The van der Waals surface area contributed by atoms with Crippen LogP contribution in [0, 0.1) is 6.92 Å². The lowest BCUT2D eigenvalue weighted by atomic mass is 9.93. The summed E-state index contributed by atoms with van der Waals surface area (Å²) in [5.74, 6) is 0. The fourth-order valence-electron chi connectivity index (χ4n) is 2.20. The molecule has 0 aliphatic rings. The largest absolute Gasteiger partial charge is 0.326 e. The summed E-state index contributed by atoms with van der Waals surface area (Å²) in [4.78, 5) is 0. The third-order valence-electron chi connectivity index (χ3n) is 3.32. The van der Waals surface area contributed by atoms with Crippen molar-refractivity contribution in [3.8, 4) is 0 Å². The Morgan fingerprint density at radius 1 is 0.889 bits per heavy atom. The molecule has 0 radical (unpaired) electrons. The second kappa shape index (κ2) is 5.80. The lowest BCUT2D eigenvalue weighted by molar-refractivity contribution is 0.542. The molecule has 2 atom stereocenters. The van der Waals surface area contributed by atoms with Gasteiger partial charge >= 0.3 is 0 Å². The van der Waals surface area contributed by atoms with Gasteiger partial charge in [-0.1, -0.05) is 54.6 Å². The Balaban J connectivity index is 2.10. The number of nitrogens with two attached hydrogens (primary N) is 2. The maximum Gasteiger partial charge on any atom is 0.0454 e. The van der Waals surface area contributed by atoms with Gasteiger partial charge in [0.05, 0.1) is 0 Å². The van der Waals surface area contributed by atoms with Crippen molar-refractivity contribution in [3.05, 3.63) is 71.3 Å². The molecule has 0 aliphatic carbocycles. The van der Waals surface area contributed by atoms with Gasteiger partial charge in [0.2, 0.25) is 0 Å². The van der Waals surface area contributed by atoms with Gasteiger partial charge in [-0.15, -0.1) is 0 Å². The molecule has 0 amide bonds. The fourth-order valence-corrected chi connectivity index (χ4v) is 2.20. The average molecular weight is 240 g/mol. The molecule has 2 aromatic rings. The normalized spacial score (nSPS) is 14.2. The second-order valence-corrected chi connectivity index (χ2v) is 4.74. The molecule has 2 heteroatoms. The third-order valence-corrected chi connectivity index (χ3v) is 3.32. The average Bonchev–Trinajstić information content (AvgIpc) is 2.39. The van der Waals surface area contributed by atoms with Crippen LogP contribution in [0.5, 0.6) is 0 Å². The Morgan fingerprint density at radius 2 is 1.50 bits per heavy atom. The summed E-state index contributed by atoms with van der Waals surface area (Å²) in [6, 6.07) is 18.2. The summed E-state index contributed by atoms with van der Waals surface area (Å²) < 4.78 is 0. The van der Waals surface area contributed by atoms with E-state index in [4.69, 9.17) is 11.5 Å². The van der Waals surface area contributed by atoms with Crippen molar-refractivity contribution in [1.82, 2.24) is 0 Å². The number of benzene rings is 2. The SMILES string of the molecule is Cc1ccccc1C(N)C(N)Cc1ccccc1. The standard InChI is InChI=1S/C16H20N2/c1-12-7-5-6-10-14(12)16(18)15(17)11-13-8-3-2-4-9-13/h2-10,15-16H,11,17-18H2,1H3. The number of aryl methyl sites for hydroxylation is 1. The van der Waals surface area contributed by atoms with Crippen LogP contribution < -0.4 is 11.5 Å². The molecule has 4 N–H and O–H groups in total. The zero-order valence-corrected chi connectivity index (χ0v) is 10.7. The van der Waals surface area contributed by atoms with Crippen LogP contribution in [-0.2, 0) is 6.42 Å². The van der Waals surface area contributed by atoms with Gasteiger partial charge in [0.25, 0.3) is 0 Å². The van der Waals surface area contributed by atoms with Crippen LogP contribution in [0.1, 0.15) is 22.7 Å². The monoisotopic (exact) mass is 240 g/mol. The van der Waals surface area contributed by atoms with E-state index >= 15 is 0 Å². The first-order chi connectivity index (χ1) is 8.68. The van der Waals surface area contributed by atoms with Crippen LogP contribution in [0.15, 0.2) is 54.6 Å². The van der Waals surface area contributed by atoms with E-state index in [1.807, 2.05) is 30.3 Å². The van der Waals surface area contributed by atoms with Crippen molar-refractivity contribution in [2.24, 2.45) is 11.5 Å². The van der Waals surface area contributed by atoms with Crippen LogP contribution in [-0.4, -0.2) is 6.04 Å². The van der Waals surface area contributed by atoms with Gasteiger partial charge in [-0.2, -0.15) is 0 Å². The first kappa shape index (κ1) is 12.8. The minimum atomic E-state index is -0.119. The molecule has 2 unspecified atom stereocenters. The zero-order chi connectivity index (χ0) is 13.0. The predicted molar refractivity (Wildman–Crippen MR) is 76.2 cm³/mol. The number of rotatable bonds is 4. The molecule has 2 aromatic carbocycles. The van der Waals surface area contributed by atoms with E-state index in [9.17, 15) is 0 Å². The summed E-state index contributed by atoms with van der Waals surface area (Å²) in [6.45, 7) is 2.07.